The predicted octanol–water partition coefficient (Wildman–Crippen LogP) is 1.85. The van der Waals surface area contributed by atoms with Crippen LogP contribution in [0.2, 0.25) is 0 Å². The second-order valence-corrected chi connectivity index (χ2v) is 6.94. The third-order valence-corrected chi connectivity index (χ3v) is 5.15. The van der Waals surface area contributed by atoms with Crippen LogP contribution in [0.5, 0.6) is 0 Å². The highest BCUT2D eigenvalue weighted by atomic mass is 19.1. The first kappa shape index (κ1) is 18.5. The molecule has 3 heterocycles. The normalized spacial score (nSPS) is 15.5. The summed E-state index contributed by atoms with van der Waals surface area (Å²) in [6, 6.07) is 1.44. The topological polar surface area (TPSA) is 54.3 Å². The molecule has 26 heavy (non-hydrogen) atoms. The maximum Gasteiger partial charge on any atom is 0.222 e. The van der Waals surface area contributed by atoms with Crippen molar-refractivity contribution in [2.24, 2.45) is 7.05 Å². The van der Waals surface area contributed by atoms with E-state index in [1.807, 2.05) is 23.6 Å². The number of pyridine rings is 1. The number of aromatic nitrogens is 3. The lowest BCUT2D eigenvalue weighted by Crippen LogP contribution is -2.48. The van der Waals surface area contributed by atoms with Gasteiger partial charge in [-0.1, -0.05) is 0 Å². The van der Waals surface area contributed by atoms with Gasteiger partial charge in [0.15, 0.2) is 0 Å². The van der Waals surface area contributed by atoms with Crippen LogP contribution < -0.4 is 0 Å². The molecule has 0 unspecified atom stereocenters. The molecule has 2 aromatic heterocycles. The van der Waals surface area contributed by atoms with Gasteiger partial charge in [0.1, 0.15) is 5.82 Å². The molecular formula is C19H26FN5O. The maximum atomic E-state index is 13.2. The van der Waals surface area contributed by atoms with Gasteiger partial charge in [-0.3, -0.25) is 19.4 Å². The van der Waals surface area contributed by atoms with Crippen molar-refractivity contribution in [1.29, 1.82) is 0 Å². The van der Waals surface area contributed by atoms with Crippen molar-refractivity contribution in [2.45, 2.75) is 33.2 Å². The highest BCUT2D eigenvalue weighted by Gasteiger charge is 2.22. The number of carbonyl (C=O) groups is 1. The van der Waals surface area contributed by atoms with E-state index < -0.39 is 0 Å². The summed E-state index contributed by atoms with van der Waals surface area (Å²) >= 11 is 0. The van der Waals surface area contributed by atoms with Crippen molar-refractivity contribution in [3.8, 4) is 0 Å². The Labute approximate surface area is 153 Å². The quantitative estimate of drug-likeness (QED) is 0.818. The van der Waals surface area contributed by atoms with Crippen LogP contribution in [0.1, 0.15) is 28.9 Å². The number of carbonyl (C=O) groups excluding carboxylic acids is 1. The molecule has 140 valence electrons. The Hall–Kier alpha value is -2.28. The van der Waals surface area contributed by atoms with Gasteiger partial charge >= 0.3 is 0 Å². The smallest absolute Gasteiger partial charge is 0.222 e. The molecule has 6 nitrogen and oxygen atoms in total. The molecular weight excluding hydrogens is 333 g/mol. The van der Waals surface area contributed by atoms with Gasteiger partial charge in [-0.2, -0.15) is 5.10 Å². The monoisotopic (exact) mass is 359 g/mol. The first-order valence-electron chi connectivity index (χ1n) is 9.02. The van der Waals surface area contributed by atoms with E-state index in [1.165, 1.54) is 23.5 Å². The van der Waals surface area contributed by atoms with Crippen molar-refractivity contribution < 1.29 is 9.18 Å². The average molecular weight is 359 g/mol. The fourth-order valence-electron chi connectivity index (χ4n) is 3.43. The molecule has 0 bridgehead atoms. The molecule has 1 saturated heterocycles. The van der Waals surface area contributed by atoms with Gasteiger partial charge in [-0.15, -0.1) is 0 Å². The second kappa shape index (κ2) is 7.95. The molecule has 1 aliphatic heterocycles. The minimum absolute atomic E-state index is 0.127. The molecule has 0 atom stereocenters. The van der Waals surface area contributed by atoms with E-state index >= 15 is 0 Å². The Balaban J connectivity index is 1.48. The lowest BCUT2D eigenvalue weighted by molar-refractivity contribution is -0.133. The van der Waals surface area contributed by atoms with Crippen LogP contribution in [0.3, 0.4) is 0 Å². The molecule has 0 radical (unpaired) electrons. The molecule has 0 aliphatic carbocycles. The van der Waals surface area contributed by atoms with Crippen molar-refractivity contribution in [3.63, 3.8) is 0 Å². The zero-order valence-electron chi connectivity index (χ0n) is 15.7. The lowest BCUT2D eigenvalue weighted by atomic mass is 10.1. The number of aryl methyl sites for hydroxylation is 3. The summed E-state index contributed by atoms with van der Waals surface area (Å²) in [5.74, 6) is -0.229. The standard InChI is InChI=1S/C19H26FN5O/c1-14-18(15(2)23(3)22-14)13-24-6-8-25(9-7-24)19(26)5-4-16-10-17(20)12-21-11-16/h10-12H,4-9,13H2,1-3H3. The summed E-state index contributed by atoms with van der Waals surface area (Å²) in [5.41, 5.74) is 4.32. The van der Waals surface area contributed by atoms with Gasteiger partial charge in [0.05, 0.1) is 11.9 Å². The first-order valence-corrected chi connectivity index (χ1v) is 9.02. The summed E-state index contributed by atoms with van der Waals surface area (Å²) < 4.78 is 15.1. The molecule has 0 N–H and O–H groups in total. The lowest BCUT2D eigenvalue weighted by Gasteiger charge is -2.35. The number of piperazine rings is 1. The van der Waals surface area contributed by atoms with Gasteiger partial charge < -0.3 is 4.90 Å². The minimum atomic E-state index is -0.357. The van der Waals surface area contributed by atoms with Gasteiger partial charge in [0.2, 0.25) is 5.91 Å². The zero-order chi connectivity index (χ0) is 18.7. The number of hydrogen-bond acceptors (Lipinski definition) is 4. The fraction of sp³-hybridized carbons (Fsp3) is 0.526. The minimum Gasteiger partial charge on any atom is -0.340 e. The van der Waals surface area contributed by atoms with E-state index in [2.05, 4.69) is 21.9 Å². The van der Waals surface area contributed by atoms with E-state index in [0.717, 1.165) is 44.0 Å². The van der Waals surface area contributed by atoms with Crippen molar-refractivity contribution in [3.05, 3.63) is 46.8 Å². The van der Waals surface area contributed by atoms with Crippen molar-refractivity contribution in [2.75, 3.05) is 26.2 Å². The summed E-state index contributed by atoms with van der Waals surface area (Å²) in [6.07, 6.45) is 3.72. The van der Waals surface area contributed by atoms with E-state index in [1.54, 1.807) is 6.20 Å². The van der Waals surface area contributed by atoms with Gasteiger partial charge in [0, 0.05) is 63.6 Å². The van der Waals surface area contributed by atoms with Gasteiger partial charge in [-0.25, -0.2) is 4.39 Å². The third-order valence-electron chi connectivity index (χ3n) is 5.15. The fourth-order valence-corrected chi connectivity index (χ4v) is 3.43. The Kier molecular flexibility index (Phi) is 5.66. The van der Waals surface area contributed by atoms with Crippen LogP contribution in [0.4, 0.5) is 4.39 Å². The molecule has 1 amide bonds. The molecule has 3 rings (SSSR count). The SMILES string of the molecule is Cc1nn(C)c(C)c1CN1CCN(C(=O)CCc2cncc(F)c2)CC1. The molecule has 1 aliphatic rings. The highest BCUT2D eigenvalue weighted by Crippen LogP contribution is 2.16. The number of hydrogen-bond donors (Lipinski definition) is 0. The predicted molar refractivity (Wildman–Crippen MR) is 97.1 cm³/mol. The molecule has 0 spiro atoms. The molecule has 1 fully saturated rings. The van der Waals surface area contributed by atoms with Gasteiger partial charge in [0.25, 0.3) is 0 Å². The largest absolute Gasteiger partial charge is 0.340 e. The van der Waals surface area contributed by atoms with E-state index in [-0.39, 0.29) is 11.7 Å². The molecule has 7 heteroatoms. The zero-order valence-corrected chi connectivity index (χ0v) is 15.7. The van der Waals surface area contributed by atoms with Gasteiger partial charge in [-0.05, 0) is 31.9 Å². The van der Waals surface area contributed by atoms with Crippen molar-refractivity contribution >= 4 is 5.91 Å². The number of nitrogens with zero attached hydrogens (tertiary/aromatic N) is 5. The Bertz CT molecular complexity index is 780. The van der Waals surface area contributed by atoms with E-state index in [0.29, 0.717) is 12.8 Å². The Morgan fingerprint density at radius 2 is 1.92 bits per heavy atom. The summed E-state index contributed by atoms with van der Waals surface area (Å²) in [4.78, 5) is 20.5. The molecule has 0 aromatic carbocycles. The van der Waals surface area contributed by atoms with Crippen LogP contribution in [0.25, 0.3) is 0 Å². The van der Waals surface area contributed by atoms with Crippen LogP contribution in [0.15, 0.2) is 18.5 Å². The summed E-state index contributed by atoms with van der Waals surface area (Å²) in [6.45, 7) is 8.21. The Morgan fingerprint density at radius 3 is 2.54 bits per heavy atom. The third kappa shape index (κ3) is 4.27. The summed E-state index contributed by atoms with van der Waals surface area (Å²) in [5, 5.41) is 4.47. The van der Waals surface area contributed by atoms with Crippen LogP contribution >= 0.6 is 0 Å². The molecule has 0 saturated carbocycles. The second-order valence-electron chi connectivity index (χ2n) is 6.94. The highest BCUT2D eigenvalue weighted by molar-refractivity contribution is 5.76. The van der Waals surface area contributed by atoms with Crippen LogP contribution in [0, 0.1) is 19.7 Å². The van der Waals surface area contributed by atoms with E-state index in [9.17, 15) is 9.18 Å². The molecule has 2 aromatic rings. The number of amides is 1. The van der Waals surface area contributed by atoms with Crippen LogP contribution in [-0.2, 0) is 24.8 Å². The van der Waals surface area contributed by atoms with Crippen molar-refractivity contribution in [1.82, 2.24) is 24.6 Å². The Morgan fingerprint density at radius 1 is 1.19 bits per heavy atom. The first-order chi connectivity index (χ1) is 12.4. The maximum absolute atomic E-state index is 13.2. The van der Waals surface area contributed by atoms with Crippen LogP contribution in [-0.4, -0.2) is 56.7 Å². The summed E-state index contributed by atoms with van der Waals surface area (Å²) in [7, 11) is 1.97. The average Bonchev–Trinajstić information content (AvgIpc) is 2.86. The van der Waals surface area contributed by atoms with E-state index in [4.69, 9.17) is 0 Å². The number of rotatable bonds is 5. The number of halogens is 1.